The van der Waals surface area contributed by atoms with Crippen LogP contribution in [0.15, 0.2) is 94.1 Å². The van der Waals surface area contributed by atoms with Crippen molar-refractivity contribution in [3.8, 4) is 0 Å². The minimum absolute atomic E-state index is 0.0849. The van der Waals surface area contributed by atoms with Crippen molar-refractivity contribution >= 4 is 34.7 Å². The number of aliphatic imine (C=N–C) groups is 1. The predicted molar refractivity (Wildman–Crippen MR) is 121 cm³/mol. The summed E-state index contributed by atoms with van der Waals surface area (Å²) in [4.78, 5) is 17.2. The first-order chi connectivity index (χ1) is 14.5. The summed E-state index contributed by atoms with van der Waals surface area (Å²) >= 11 is 5.90. The van der Waals surface area contributed by atoms with Gasteiger partial charge in [-0.3, -0.25) is 9.79 Å². The van der Waals surface area contributed by atoms with Crippen LogP contribution in [0.2, 0.25) is 5.02 Å². The van der Waals surface area contributed by atoms with Gasteiger partial charge < -0.3 is 11.1 Å². The van der Waals surface area contributed by atoms with E-state index in [1.165, 1.54) is 0 Å². The van der Waals surface area contributed by atoms with Gasteiger partial charge in [0.1, 0.15) is 5.84 Å². The second-order valence-electron chi connectivity index (χ2n) is 6.68. The number of carbonyl (C=O) groups excluding carboxylic acids is 1. The number of amidine groups is 1. The highest BCUT2D eigenvalue weighted by molar-refractivity contribution is 6.30. The van der Waals surface area contributed by atoms with Gasteiger partial charge in [0, 0.05) is 10.7 Å². The summed E-state index contributed by atoms with van der Waals surface area (Å²) in [7, 11) is 0. The number of carbonyl (C=O) groups is 1. The number of nitrogens with zero attached hydrogens (tertiary/aromatic N) is 3. The summed E-state index contributed by atoms with van der Waals surface area (Å²) in [5.74, 6) is -0.328. The highest BCUT2D eigenvalue weighted by Crippen LogP contribution is 2.17. The molecule has 0 radical (unpaired) electrons. The van der Waals surface area contributed by atoms with E-state index in [1.54, 1.807) is 36.4 Å². The van der Waals surface area contributed by atoms with E-state index >= 15 is 0 Å². The molecule has 0 saturated carbocycles. The minimum Gasteiger partial charge on any atom is -0.385 e. The van der Waals surface area contributed by atoms with Gasteiger partial charge >= 0.3 is 0 Å². The fourth-order valence-corrected chi connectivity index (χ4v) is 2.70. The summed E-state index contributed by atoms with van der Waals surface area (Å²) in [5, 5.41) is 11.7. The van der Waals surface area contributed by atoms with Gasteiger partial charge in [0.05, 0.1) is 12.2 Å². The fourth-order valence-electron chi connectivity index (χ4n) is 2.57. The number of nitrogens with one attached hydrogen (secondary N) is 1. The van der Waals surface area contributed by atoms with Crippen molar-refractivity contribution < 1.29 is 4.79 Å². The summed E-state index contributed by atoms with van der Waals surface area (Å²) in [6.07, 6.45) is 0. The van der Waals surface area contributed by atoms with Gasteiger partial charge in [-0.2, -0.15) is 10.2 Å². The molecule has 6 nitrogen and oxygen atoms in total. The lowest BCUT2D eigenvalue weighted by atomic mass is 10.1. The fraction of sp³-hybridized carbons (Fsp3) is 0.130. The standard InChI is InChI=1S/C23H22ClN5O/c1-16-7-9-17(10-8-16)15-26-22(25)21(23(30)27-19-5-3-2-4-6-19)29-28-20-13-11-18(24)12-14-20/h2-14,21H,15H2,1H3,(H2,25,26)(H,27,30). The molecule has 3 aromatic rings. The first kappa shape index (κ1) is 21.2. The van der Waals surface area contributed by atoms with Crippen LogP contribution in [0.5, 0.6) is 0 Å². The molecule has 3 aromatic carbocycles. The van der Waals surface area contributed by atoms with E-state index in [0.717, 1.165) is 11.1 Å². The molecule has 0 aromatic heterocycles. The molecule has 152 valence electrons. The zero-order valence-corrected chi connectivity index (χ0v) is 17.3. The van der Waals surface area contributed by atoms with Gasteiger partial charge in [0.2, 0.25) is 6.04 Å². The number of benzene rings is 3. The van der Waals surface area contributed by atoms with Crippen molar-refractivity contribution in [2.45, 2.75) is 19.5 Å². The van der Waals surface area contributed by atoms with E-state index in [9.17, 15) is 4.79 Å². The Balaban J connectivity index is 1.81. The second kappa shape index (κ2) is 10.3. The van der Waals surface area contributed by atoms with Gasteiger partial charge in [-0.05, 0) is 48.9 Å². The zero-order valence-electron chi connectivity index (χ0n) is 16.5. The van der Waals surface area contributed by atoms with E-state index in [1.807, 2.05) is 49.4 Å². The average molecular weight is 420 g/mol. The SMILES string of the molecule is Cc1ccc(CN=C(N)C(N=Nc2ccc(Cl)cc2)C(=O)Nc2ccccc2)cc1. The van der Waals surface area contributed by atoms with Crippen LogP contribution in [0.3, 0.4) is 0 Å². The molecule has 0 saturated heterocycles. The quantitative estimate of drug-likeness (QED) is 0.309. The van der Waals surface area contributed by atoms with Gasteiger partial charge in [0.15, 0.2) is 0 Å². The molecule has 0 bridgehead atoms. The summed E-state index contributed by atoms with van der Waals surface area (Å²) in [6, 6.07) is 22.8. The molecule has 7 heteroatoms. The lowest BCUT2D eigenvalue weighted by molar-refractivity contribution is -0.116. The molecule has 0 spiro atoms. The van der Waals surface area contributed by atoms with Gasteiger partial charge in [0.25, 0.3) is 5.91 Å². The Hall–Kier alpha value is -3.51. The van der Waals surface area contributed by atoms with Gasteiger partial charge in [-0.25, -0.2) is 0 Å². The lowest BCUT2D eigenvalue weighted by Crippen LogP contribution is -2.38. The molecular weight excluding hydrogens is 398 g/mol. The maximum Gasteiger partial charge on any atom is 0.258 e. The number of aryl methyl sites for hydroxylation is 1. The van der Waals surface area contributed by atoms with Crippen LogP contribution in [0.25, 0.3) is 0 Å². The van der Waals surface area contributed by atoms with E-state index in [-0.39, 0.29) is 5.84 Å². The first-order valence-corrected chi connectivity index (χ1v) is 9.77. The number of rotatable bonds is 7. The Kier molecular flexibility index (Phi) is 7.29. The largest absolute Gasteiger partial charge is 0.385 e. The van der Waals surface area contributed by atoms with Crippen molar-refractivity contribution in [2.75, 3.05) is 5.32 Å². The number of nitrogens with two attached hydrogens (primary N) is 1. The lowest BCUT2D eigenvalue weighted by Gasteiger charge is -2.12. The van der Waals surface area contributed by atoms with Crippen molar-refractivity contribution in [1.82, 2.24) is 0 Å². The number of hydrogen-bond acceptors (Lipinski definition) is 4. The summed E-state index contributed by atoms with van der Waals surface area (Å²) < 4.78 is 0. The number of amides is 1. The summed E-state index contributed by atoms with van der Waals surface area (Å²) in [5.41, 5.74) is 9.50. The molecule has 0 aliphatic rings. The van der Waals surface area contributed by atoms with Crippen LogP contribution in [-0.4, -0.2) is 17.8 Å². The highest BCUT2D eigenvalue weighted by atomic mass is 35.5. The van der Waals surface area contributed by atoms with Gasteiger partial charge in [-0.15, -0.1) is 0 Å². The molecule has 3 N–H and O–H groups in total. The Morgan fingerprint density at radius 3 is 2.33 bits per heavy atom. The van der Waals surface area contributed by atoms with Crippen molar-refractivity contribution in [1.29, 1.82) is 0 Å². The highest BCUT2D eigenvalue weighted by Gasteiger charge is 2.22. The van der Waals surface area contributed by atoms with Gasteiger partial charge in [-0.1, -0.05) is 59.6 Å². The normalized spacial score (nSPS) is 12.7. The monoisotopic (exact) mass is 419 g/mol. The molecule has 1 amide bonds. The molecule has 30 heavy (non-hydrogen) atoms. The molecule has 3 rings (SSSR count). The third kappa shape index (κ3) is 6.25. The molecular formula is C23H22ClN5O. The Labute approximate surface area is 180 Å². The van der Waals surface area contributed by atoms with Crippen LogP contribution >= 0.6 is 11.6 Å². The molecule has 1 unspecified atom stereocenters. The van der Waals surface area contributed by atoms with Crippen LogP contribution in [0, 0.1) is 6.92 Å². The van der Waals surface area contributed by atoms with Crippen molar-refractivity contribution in [2.24, 2.45) is 21.0 Å². The van der Waals surface area contributed by atoms with E-state index in [0.29, 0.717) is 22.9 Å². The maximum atomic E-state index is 12.8. The minimum atomic E-state index is -1.06. The van der Waals surface area contributed by atoms with Crippen molar-refractivity contribution in [3.63, 3.8) is 0 Å². The zero-order chi connectivity index (χ0) is 21.3. The Morgan fingerprint density at radius 1 is 1.00 bits per heavy atom. The molecule has 0 aliphatic heterocycles. The van der Waals surface area contributed by atoms with Crippen LogP contribution in [0.1, 0.15) is 11.1 Å². The van der Waals surface area contributed by atoms with E-state index in [2.05, 4.69) is 20.5 Å². The maximum absolute atomic E-state index is 12.8. The van der Waals surface area contributed by atoms with Crippen LogP contribution < -0.4 is 11.1 Å². The third-order valence-corrected chi connectivity index (χ3v) is 4.50. The number of para-hydroxylation sites is 1. The Morgan fingerprint density at radius 2 is 1.67 bits per heavy atom. The number of azo groups is 1. The molecule has 1 atom stereocenters. The summed E-state index contributed by atoms with van der Waals surface area (Å²) in [6.45, 7) is 2.36. The average Bonchev–Trinajstić information content (AvgIpc) is 2.75. The van der Waals surface area contributed by atoms with E-state index < -0.39 is 11.9 Å². The van der Waals surface area contributed by atoms with Crippen LogP contribution in [-0.2, 0) is 11.3 Å². The predicted octanol–water partition coefficient (Wildman–Crippen LogP) is 5.30. The smallest absolute Gasteiger partial charge is 0.258 e. The molecule has 0 aliphatic carbocycles. The third-order valence-electron chi connectivity index (χ3n) is 4.25. The van der Waals surface area contributed by atoms with Crippen LogP contribution in [0.4, 0.5) is 11.4 Å². The number of halogens is 1. The topological polar surface area (TPSA) is 92.2 Å². The molecule has 0 fully saturated rings. The van der Waals surface area contributed by atoms with Crippen molar-refractivity contribution in [3.05, 3.63) is 95.0 Å². The number of hydrogen-bond donors (Lipinski definition) is 2. The molecule has 0 heterocycles. The van der Waals surface area contributed by atoms with E-state index in [4.69, 9.17) is 17.3 Å². The number of anilines is 1. The second-order valence-corrected chi connectivity index (χ2v) is 7.11. The Bertz CT molecular complexity index is 1030. The first-order valence-electron chi connectivity index (χ1n) is 9.39.